The van der Waals surface area contributed by atoms with E-state index in [1.165, 1.54) is 21.5 Å². The minimum Gasteiger partial charge on any atom is -0.479 e. The molecule has 14 heteroatoms. The van der Waals surface area contributed by atoms with Crippen LogP contribution in [-0.2, 0) is 29.1 Å². The summed E-state index contributed by atoms with van der Waals surface area (Å²) in [7, 11) is -3.96. The van der Waals surface area contributed by atoms with E-state index in [0.717, 1.165) is 12.8 Å². The molecule has 4 heterocycles. The fourth-order valence-corrected chi connectivity index (χ4v) is 8.80. The number of sulfonamides is 1. The molecule has 1 aromatic carbocycles. The maximum atomic E-state index is 14.3. The molecule has 3 amide bonds. The average Bonchev–Trinajstić information content (AvgIpc) is 3.32. The van der Waals surface area contributed by atoms with E-state index < -0.39 is 69.0 Å². The van der Waals surface area contributed by atoms with Gasteiger partial charge in [-0.25, -0.2) is 18.0 Å². The van der Waals surface area contributed by atoms with Crippen LogP contribution in [0.5, 0.6) is 0 Å². The van der Waals surface area contributed by atoms with Gasteiger partial charge in [0.25, 0.3) is 0 Å². The molecular formula is C33H42N4O9S. The van der Waals surface area contributed by atoms with Gasteiger partial charge in [0.05, 0.1) is 11.2 Å². The second-order valence-electron chi connectivity index (χ2n) is 14.1. The Bertz CT molecular complexity index is 1710. The number of nitrogens with zero attached hydrogens (tertiary/aromatic N) is 2. The van der Waals surface area contributed by atoms with Gasteiger partial charge in [0, 0.05) is 36.9 Å². The molecule has 1 saturated carbocycles. The van der Waals surface area contributed by atoms with E-state index in [4.69, 9.17) is 9.15 Å². The fraction of sp³-hybridized carbons (Fsp3) is 0.576. The van der Waals surface area contributed by atoms with Gasteiger partial charge in [0.1, 0.15) is 28.8 Å². The molecule has 13 nitrogen and oxygen atoms in total. The van der Waals surface area contributed by atoms with Crippen molar-refractivity contribution in [3.8, 4) is 0 Å². The molecule has 2 saturated heterocycles. The lowest BCUT2D eigenvalue weighted by atomic mass is 9.93. The lowest BCUT2D eigenvalue weighted by Gasteiger charge is -2.32. The number of carboxylic acid groups (broad SMARTS) is 1. The average molecular weight is 671 g/mol. The number of ether oxygens (including phenoxy) is 1. The third-order valence-electron chi connectivity index (χ3n) is 9.71. The Morgan fingerprint density at radius 3 is 2.64 bits per heavy atom. The summed E-state index contributed by atoms with van der Waals surface area (Å²) >= 11 is 0. The molecule has 4 aliphatic rings. The van der Waals surface area contributed by atoms with Gasteiger partial charge in [0.2, 0.25) is 21.8 Å². The van der Waals surface area contributed by atoms with E-state index in [1.807, 2.05) is 12.2 Å². The third-order valence-corrected chi connectivity index (χ3v) is 11.5. The number of furan rings is 1. The van der Waals surface area contributed by atoms with Crippen LogP contribution in [0.15, 0.2) is 52.0 Å². The van der Waals surface area contributed by atoms with Gasteiger partial charge in [0.15, 0.2) is 0 Å². The molecular weight excluding hydrogens is 628 g/mol. The number of hydrogen-bond acceptors (Lipinski definition) is 8. The standard InChI is InChI=1S/C33H42N4O9S/c1-32(2,3)46-31(42)34-25-10-8-6-4-5-7-9-22-16-33(22,30(40)41)35-28(38)27-24-19-36(17-21(24)18-37(27)29(25)39)47(43,44)23-11-12-26-20(15-23)13-14-45-26/h7,9,11-15,21-22,24-25,27H,4-6,8,10,16-19H2,1-3H3,(H,34,42)(H,35,38)(H,40,41)/b9-7-/t21-,22-,24-,25+,27-,33+/m0/s1. The highest BCUT2D eigenvalue weighted by Crippen LogP contribution is 2.46. The first kappa shape index (κ1) is 33.0. The van der Waals surface area contributed by atoms with Crippen molar-refractivity contribution in [2.45, 2.75) is 87.4 Å². The zero-order chi connectivity index (χ0) is 33.7. The molecule has 3 fully saturated rings. The van der Waals surface area contributed by atoms with E-state index in [1.54, 1.807) is 39.0 Å². The number of amides is 3. The first-order valence-corrected chi connectivity index (χ1v) is 17.6. The second-order valence-corrected chi connectivity index (χ2v) is 16.1. The Morgan fingerprint density at radius 2 is 1.89 bits per heavy atom. The normalized spacial score (nSPS) is 31.1. The molecule has 0 unspecified atom stereocenters. The van der Waals surface area contributed by atoms with E-state index in [0.29, 0.717) is 30.2 Å². The summed E-state index contributed by atoms with van der Waals surface area (Å²) in [5, 5.41) is 16.3. The molecule has 0 spiro atoms. The first-order valence-electron chi connectivity index (χ1n) is 16.2. The molecule has 47 heavy (non-hydrogen) atoms. The SMILES string of the molecule is CC(C)(C)OC(=O)N[C@@H]1CCCCC/C=C\[C@H]2C[C@@]2(C(=O)O)NC(=O)[C@@H]2[C@H]3CN(S(=O)(=O)c4ccc5occc5c4)C[C@H]3CN2C1=O. The topological polar surface area (TPSA) is 176 Å². The summed E-state index contributed by atoms with van der Waals surface area (Å²) in [4.78, 5) is 55.2. The number of aliphatic carboxylic acids is 1. The van der Waals surface area contributed by atoms with Crippen molar-refractivity contribution in [3.05, 3.63) is 42.7 Å². The molecule has 6 atom stereocenters. The summed E-state index contributed by atoms with van der Waals surface area (Å²) in [6.45, 7) is 5.27. The quantitative estimate of drug-likeness (QED) is 0.413. The van der Waals surface area contributed by atoms with Crippen molar-refractivity contribution < 1.29 is 41.9 Å². The Kier molecular flexibility index (Phi) is 8.62. The van der Waals surface area contributed by atoms with Gasteiger partial charge in [-0.15, -0.1) is 0 Å². The van der Waals surface area contributed by atoms with Crippen LogP contribution in [-0.4, -0.2) is 89.5 Å². The van der Waals surface area contributed by atoms with Crippen LogP contribution in [0.1, 0.15) is 59.3 Å². The Balaban J connectivity index is 1.31. The molecule has 3 aliphatic heterocycles. The van der Waals surface area contributed by atoms with Crippen molar-refractivity contribution in [2.24, 2.45) is 17.8 Å². The van der Waals surface area contributed by atoms with Crippen LogP contribution in [0, 0.1) is 17.8 Å². The van der Waals surface area contributed by atoms with E-state index >= 15 is 0 Å². The summed E-state index contributed by atoms with van der Waals surface area (Å²) in [5.41, 5.74) is -1.74. The van der Waals surface area contributed by atoms with Gasteiger partial charge in [-0.05, 0) is 76.6 Å². The van der Waals surface area contributed by atoms with Crippen molar-refractivity contribution in [3.63, 3.8) is 0 Å². The monoisotopic (exact) mass is 670 g/mol. The first-order chi connectivity index (χ1) is 22.2. The van der Waals surface area contributed by atoms with Gasteiger partial charge < -0.3 is 29.8 Å². The summed E-state index contributed by atoms with van der Waals surface area (Å²) in [6.07, 6.45) is 7.98. The van der Waals surface area contributed by atoms with Gasteiger partial charge in [-0.2, -0.15) is 4.31 Å². The smallest absolute Gasteiger partial charge is 0.408 e. The molecule has 0 radical (unpaired) electrons. The summed E-state index contributed by atoms with van der Waals surface area (Å²) in [5.74, 6) is -3.66. The highest BCUT2D eigenvalue weighted by molar-refractivity contribution is 7.89. The van der Waals surface area contributed by atoms with Crippen LogP contribution >= 0.6 is 0 Å². The van der Waals surface area contributed by atoms with Crippen LogP contribution < -0.4 is 10.6 Å². The number of hydrogen-bond donors (Lipinski definition) is 3. The summed E-state index contributed by atoms with van der Waals surface area (Å²) in [6, 6.07) is 4.17. The molecule has 6 rings (SSSR count). The Hall–Kier alpha value is -3.91. The highest BCUT2D eigenvalue weighted by Gasteiger charge is 2.63. The van der Waals surface area contributed by atoms with Crippen molar-refractivity contribution in [1.29, 1.82) is 0 Å². The second kappa shape index (κ2) is 12.3. The molecule has 3 N–H and O–H groups in total. The Labute approximate surface area is 273 Å². The zero-order valence-corrected chi connectivity index (χ0v) is 27.6. The number of carbonyl (C=O) groups excluding carboxylic acids is 3. The highest BCUT2D eigenvalue weighted by atomic mass is 32.2. The van der Waals surface area contributed by atoms with E-state index in [9.17, 15) is 32.7 Å². The van der Waals surface area contributed by atoms with E-state index in [-0.39, 0.29) is 36.9 Å². The lowest BCUT2D eigenvalue weighted by Crippen LogP contribution is -2.58. The van der Waals surface area contributed by atoms with Crippen molar-refractivity contribution in [2.75, 3.05) is 19.6 Å². The maximum absolute atomic E-state index is 14.3. The molecule has 254 valence electrons. The molecule has 1 aliphatic carbocycles. The fourth-order valence-electron chi connectivity index (χ4n) is 7.23. The molecule has 1 aromatic heterocycles. The lowest BCUT2D eigenvalue weighted by molar-refractivity contribution is -0.146. The number of benzene rings is 1. The number of allylic oxidation sites excluding steroid dienone is 1. The number of carboxylic acids is 1. The Morgan fingerprint density at radius 1 is 1.11 bits per heavy atom. The van der Waals surface area contributed by atoms with Crippen LogP contribution in [0.25, 0.3) is 11.0 Å². The predicted octanol–water partition coefficient (Wildman–Crippen LogP) is 3.25. The molecule has 2 aromatic rings. The van der Waals surface area contributed by atoms with Crippen LogP contribution in [0.4, 0.5) is 4.79 Å². The molecule has 0 bridgehead atoms. The number of carbonyl (C=O) groups is 4. The number of rotatable bonds is 4. The number of fused-ring (bicyclic) bond motifs is 5. The third kappa shape index (κ3) is 6.49. The zero-order valence-electron chi connectivity index (χ0n) is 26.8. The minimum atomic E-state index is -3.96. The van der Waals surface area contributed by atoms with Gasteiger partial charge in [-0.3, -0.25) is 9.59 Å². The van der Waals surface area contributed by atoms with Crippen molar-refractivity contribution in [1.82, 2.24) is 19.8 Å². The van der Waals surface area contributed by atoms with E-state index in [2.05, 4.69) is 10.6 Å². The number of nitrogens with one attached hydrogen (secondary N) is 2. The van der Waals surface area contributed by atoms with Crippen molar-refractivity contribution >= 4 is 44.9 Å². The largest absolute Gasteiger partial charge is 0.479 e. The van der Waals surface area contributed by atoms with Crippen LogP contribution in [0.2, 0.25) is 0 Å². The van der Waals surface area contributed by atoms with Gasteiger partial charge in [-0.1, -0.05) is 25.0 Å². The summed E-state index contributed by atoms with van der Waals surface area (Å²) < 4.78 is 39.7. The van der Waals surface area contributed by atoms with Gasteiger partial charge >= 0.3 is 12.1 Å². The minimum absolute atomic E-state index is 0.0359. The van der Waals surface area contributed by atoms with Crippen LogP contribution in [0.3, 0.4) is 0 Å². The number of alkyl carbamates (subject to hydrolysis) is 1. The predicted molar refractivity (Wildman–Crippen MR) is 169 cm³/mol. The maximum Gasteiger partial charge on any atom is 0.408 e.